The fourth-order valence-corrected chi connectivity index (χ4v) is 4.58. The highest BCUT2D eigenvalue weighted by Crippen LogP contribution is 2.42. The number of nitrogens with zero attached hydrogens (tertiary/aromatic N) is 4. The Kier molecular flexibility index (Phi) is 8.24. The van der Waals surface area contributed by atoms with Crippen LogP contribution in [-0.4, -0.2) is 39.5 Å². The van der Waals surface area contributed by atoms with E-state index in [0.717, 1.165) is 0 Å². The molecule has 192 valence electrons. The van der Waals surface area contributed by atoms with Crippen molar-refractivity contribution in [2.75, 3.05) is 18.9 Å². The Morgan fingerprint density at radius 3 is 2.63 bits per heavy atom. The molecule has 0 bridgehead atoms. The van der Waals surface area contributed by atoms with E-state index in [-0.39, 0.29) is 40.9 Å². The molecule has 2 heterocycles. The molecule has 0 aliphatic rings. The van der Waals surface area contributed by atoms with Crippen LogP contribution >= 0.6 is 11.8 Å². The van der Waals surface area contributed by atoms with Crippen LogP contribution in [0.4, 0.5) is 15.9 Å². The lowest BCUT2D eigenvalue weighted by Gasteiger charge is -2.14. The standard InChI is InChI=1S/C27H22FN5O4S/c1-15-22(32-26(37-15)19-5-3-4-6-21(19)28)14-38-27-20(11-29)23(24(31-2)25(30)33-27)16-7-9-18(10-8-16)36-13-17(35)12-34/h3-10,17,34-35H,12-14H2,1H3,(H2,30,33)/t17-/m0/s1. The predicted molar refractivity (Wildman–Crippen MR) is 140 cm³/mol. The Bertz CT molecular complexity index is 1540. The number of oxazole rings is 1. The second-order valence-electron chi connectivity index (χ2n) is 8.09. The summed E-state index contributed by atoms with van der Waals surface area (Å²) in [6.07, 6.45) is -1.01. The van der Waals surface area contributed by atoms with E-state index in [1.807, 2.05) is 0 Å². The van der Waals surface area contributed by atoms with Gasteiger partial charge in [0.2, 0.25) is 11.6 Å². The monoisotopic (exact) mass is 531 g/mol. The first-order valence-electron chi connectivity index (χ1n) is 11.3. The highest BCUT2D eigenvalue weighted by atomic mass is 32.2. The zero-order valence-electron chi connectivity index (χ0n) is 20.2. The third-order valence-electron chi connectivity index (χ3n) is 5.53. The molecule has 38 heavy (non-hydrogen) atoms. The van der Waals surface area contributed by atoms with Crippen LogP contribution in [0.5, 0.6) is 5.75 Å². The summed E-state index contributed by atoms with van der Waals surface area (Å²) in [5.41, 5.74) is 8.03. The maximum Gasteiger partial charge on any atom is 0.236 e. The average Bonchev–Trinajstić information content (AvgIpc) is 3.30. The smallest absolute Gasteiger partial charge is 0.236 e. The third-order valence-corrected chi connectivity index (χ3v) is 6.51. The number of benzene rings is 2. The zero-order chi connectivity index (χ0) is 27.2. The molecule has 11 heteroatoms. The number of aryl methyl sites for hydroxylation is 1. The van der Waals surface area contributed by atoms with E-state index in [9.17, 15) is 14.8 Å². The second-order valence-corrected chi connectivity index (χ2v) is 9.05. The van der Waals surface area contributed by atoms with Gasteiger partial charge in [0.25, 0.3) is 0 Å². The lowest BCUT2D eigenvalue weighted by atomic mass is 10.00. The molecule has 0 saturated carbocycles. The Morgan fingerprint density at radius 1 is 1.24 bits per heavy atom. The van der Waals surface area contributed by atoms with Crippen molar-refractivity contribution in [3.63, 3.8) is 0 Å². The van der Waals surface area contributed by atoms with Crippen molar-refractivity contribution >= 4 is 23.3 Å². The highest BCUT2D eigenvalue weighted by Gasteiger charge is 2.22. The Balaban J connectivity index is 1.64. The number of aliphatic hydroxyl groups is 2. The van der Waals surface area contributed by atoms with Gasteiger partial charge in [-0.25, -0.2) is 19.2 Å². The van der Waals surface area contributed by atoms with Gasteiger partial charge in [0.1, 0.15) is 47.0 Å². The molecular weight excluding hydrogens is 509 g/mol. The minimum atomic E-state index is -1.01. The van der Waals surface area contributed by atoms with Crippen LogP contribution in [0.15, 0.2) is 58.0 Å². The van der Waals surface area contributed by atoms with Gasteiger partial charge in [0.15, 0.2) is 0 Å². The minimum absolute atomic E-state index is 0.0215. The van der Waals surface area contributed by atoms with Crippen LogP contribution in [0.1, 0.15) is 17.0 Å². The fourth-order valence-electron chi connectivity index (χ4n) is 3.59. The molecule has 2 aromatic heterocycles. The number of aromatic nitrogens is 2. The summed E-state index contributed by atoms with van der Waals surface area (Å²) < 4.78 is 25.3. The van der Waals surface area contributed by atoms with Crippen molar-refractivity contribution in [2.45, 2.75) is 23.8 Å². The number of rotatable bonds is 9. The van der Waals surface area contributed by atoms with Gasteiger partial charge in [0.05, 0.1) is 30.0 Å². The Morgan fingerprint density at radius 2 is 1.97 bits per heavy atom. The van der Waals surface area contributed by atoms with Gasteiger partial charge in [-0.05, 0) is 36.8 Å². The summed E-state index contributed by atoms with van der Waals surface area (Å²) >= 11 is 1.20. The fraction of sp³-hybridized carbons (Fsp3) is 0.185. The van der Waals surface area contributed by atoms with Crippen molar-refractivity contribution < 1.29 is 23.8 Å². The van der Waals surface area contributed by atoms with Crippen LogP contribution in [0.25, 0.3) is 27.4 Å². The maximum atomic E-state index is 14.2. The van der Waals surface area contributed by atoms with Crippen LogP contribution in [0.3, 0.4) is 0 Å². The highest BCUT2D eigenvalue weighted by molar-refractivity contribution is 7.98. The van der Waals surface area contributed by atoms with Crippen molar-refractivity contribution in [1.82, 2.24) is 9.97 Å². The lowest BCUT2D eigenvalue weighted by Crippen LogP contribution is -2.21. The minimum Gasteiger partial charge on any atom is -0.491 e. The van der Waals surface area contributed by atoms with E-state index in [1.165, 1.54) is 17.8 Å². The SMILES string of the molecule is [C-]#[N+]c1c(N)nc(SCc2nc(-c3ccccc3F)oc2C)c(C#N)c1-c1ccc(OC[C@@H](O)CO)cc1. The predicted octanol–water partition coefficient (Wildman–Crippen LogP) is 4.88. The number of aliphatic hydroxyl groups excluding tert-OH is 2. The molecule has 0 radical (unpaired) electrons. The summed E-state index contributed by atoms with van der Waals surface area (Å²) in [5, 5.41) is 28.8. The van der Waals surface area contributed by atoms with E-state index in [2.05, 4.69) is 20.9 Å². The summed E-state index contributed by atoms with van der Waals surface area (Å²) in [6, 6.07) is 14.9. The van der Waals surface area contributed by atoms with Crippen LogP contribution in [-0.2, 0) is 5.75 Å². The van der Waals surface area contributed by atoms with Gasteiger partial charge < -0.3 is 25.1 Å². The first-order chi connectivity index (χ1) is 18.4. The Hall–Kier alpha value is -4.42. The number of ether oxygens (including phenoxy) is 1. The summed E-state index contributed by atoms with van der Waals surface area (Å²) in [5.74, 6) is 0.889. The molecule has 0 saturated heterocycles. The van der Waals surface area contributed by atoms with E-state index in [0.29, 0.717) is 33.4 Å². The summed E-state index contributed by atoms with van der Waals surface area (Å²) in [7, 11) is 0. The quantitative estimate of drug-likeness (QED) is 0.203. The molecule has 0 amide bonds. The van der Waals surface area contributed by atoms with E-state index < -0.39 is 18.5 Å². The molecule has 4 N–H and O–H groups in total. The van der Waals surface area contributed by atoms with E-state index in [1.54, 1.807) is 49.4 Å². The lowest BCUT2D eigenvalue weighted by molar-refractivity contribution is 0.0536. The molecule has 4 rings (SSSR count). The molecule has 9 nitrogen and oxygen atoms in total. The molecule has 0 unspecified atom stereocenters. The molecule has 0 aliphatic heterocycles. The molecule has 0 spiro atoms. The van der Waals surface area contributed by atoms with Gasteiger partial charge in [-0.3, -0.25) is 0 Å². The van der Waals surface area contributed by atoms with Crippen molar-refractivity contribution in [3.05, 3.63) is 82.8 Å². The van der Waals surface area contributed by atoms with Crippen LogP contribution in [0, 0.1) is 30.6 Å². The van der Waals surface area contributed by atoms with Gasteiger partial charge in [-0.1, -0.05) is 36.0 Å². The maximum absolute atomic E-state index is 14.2. The molecule has 0 fully saturated rings. The average molecular weight is 532 g/mol. The zero-order valence-corrected chi connectivity index (χ0v) is 21.0. The number of nitrogen functional groups attached to an aromatic ring is 1. The normalized spacial score (nSPS) is 11.5. The second kappa shape index (κ2) is 11.8. The van der Waals surface area contributed by atoms with E-state index >= 15 is 0 Å². The molecule has 2 aromatic carbocycles. The van der Waals surface area contributed by atoms with Crippen molar-refractivity contribution in [1.29, 1.82) is 5.26 Å². The van der Waals surface area contributed by atoms with Crippen molar-refractivity contribution in [2.24, 2.45) is 0 Å². The Labute approximate surface area is 222 Å². The molecule has 1 atom stereocenters. The number of thioether (sulfide) groups is 1. The summed E-state index contributed by atoms with van der Waals surface area (Å²) in [6.45, 7) is 8.83. The third kappa shape index (κ3) is 5.61. The first-order valence-corrected chi connectivity index (χ1v) is 12.3. The van der Waals surface area contributed by atoms with Gasteiger partial charge in [-0.2, -0.15) is 5.26 Å². The number of hydrogen-bond acceptors (Lipinski definition) is 9. The first kappa shape index (κ1) is 26.6. The van der Waals surface area contributed by atoms with Crippen molar-refractivity contribution in [3.8, 4) is 34.4 Å². The van der Waals surface area contributed by atoms with Crippen LogP contribution in [0.2, 0.25) is 0 Å². The number of halogens is 1. The number of pyridine rings is 1. The van der Waals surface area contributed by atoms with Gasteiger partial charge in [0, 0.05) is 11.3 Å². The van der Waals surface area contributed by atoms with Gasteiger partial charge >= 0.3 is 0 Å². The number of nitrogens with two attached hydrogens (primary N) is 1. The number of nitriles is 1. The summed E-state index contributed by atoms with van der Waals surface area (Å²) in [4.78, 5) is 12.3. The largest absolute Gasteiger partial charge is 0.491 e. The van der Waals surface area contributed by atoms with Crippen LogP contribution < -0.4 is 10.5 Å². The number of hydrogen-bond donors (Lipinski definition) is 3. The molecule has 4 aromatic rings. The molecule has 0 aliphatic carbocycles. The van der Waals surface area contributed by atoms with E-state index in [4.69, 9.17) is 26.6 Å². The molecular formula is C27H22FN5O4S. The topological polar surface area (TPSA) is 143 Å². The number of anilines is 1. The van der Waals surface area contributed by atoms with Gasteiger partial charge in [-0.15, -0.1) is 0 Å².